The molecule has 0 aliphatic heterocycles. The largest absolute Gasteiger partial charge is 0.308 e. The Hall–Kier alpha value is -3.36. The quantitative estimate of drug-likeness (QED) is 0.507. The summed E-state index contributed by atoms with van der Waals surface area (Å²) in [6.45, 7) is -0.0474. The Balaban J connectivity index is 1.88. The monoisotopic (exact) mass is 323 g/mol. The Labute approximate surface area is 134 Å². The van der Waals surface area contributed by atoms with Crippen LogP contribution in [0.15, 0.2) is 40.1 Å². The number of para-hydroxylation sites is 2. The summed E-state index contributed by atoms with van der Waals surface area (Å²) in [5, 5.41) is 12.2. The van der Waals surface area contributed by atoms with Crippen molar-refractivity contribution in [2.75, 3.05) is 0 Å². The van der Waals surface area contributed by atoms with Gasteiger partial charge in [0, 0.05) is 14.1 Å². The van der Waals surface area contributed by atoms with Gasteiger partial charge < -0.3 is 4.57 Å². The molecule has 0 bridgehead atoms. The number of hydrogen-bond donors (Lipinski definition) is 0. The van der Waals surface area contributed by atoms with Gasteiger partial charge >= 0.3 is 0 Å². The number of aromatic nitrogens is 7. The first kappa shape index (κ1) is 14.2. The number of hydrogen-bond acceptors (Lipinski definition) is 6. The number of fused-ring (bicyclic) bond motifs is 2. The minimum atomic E-state index is -0.356. The van der Waals surface area contributed by atoms with Crippen LogP contribution in [0.4, 0.5) is 0 Å². The molecule has 0 aliphatic rings. The summed E-state index contributed by atoms with van der Waals surface area (Å²) in [6, 6.07) is 7.32. The van der Waals surface area contributed by atoms with Gasteiger partial charge in [-0.3, -0.25) is 9.59 Å². The zero-order valence-electron chi connectivity index (χ0n) is 13.0. The molecule has 0 radical (unpaired) electrons. The second-order valence-electron chi connectivity index (χ2n) is 5.47. The van der Waals surface area contributed by atoms with Gasteiger partial charge in [-0.15, -0.1) is 5.10 Å². The molecule has 9 nitrogen and oxygen atoms in total. The fourth-order valence-corrected chi connectivity index (χ4v) is 2.66. The first-order chi connectivity index (χ1) is 11.6. The molecule has 1 aromatic carbocycles. The molecular weight excluding hydrogens is 310 g/mol. The molecule has 3 heterocycles. The smallest absolute Gasteiger partial charge is 0.281 e. The summed E-state index contributed by atoms with van der Waals surface area (Å²) in [4.78, 5) is 29.3. The van der Waals surface area contributed by atoms with E-state index in [1.165, 1.54) is 15.4 Å². The molecule has 0 spiro atoms. The van der Waals surface area contributed by atoms with Crippen LogP contribution in [0.25, 0.3) is 22.1 Å². The summed E-state index contributed by atoms with van der Waals surface area (Å²) in [6.07, 6.45) is 1.44. The van der Waals surface area contributed by atoms with Gasteiger partial charge in [0.25, 0.3) is 11.1 Å². The highest BCUT2D eigenvalue weighted by Crippen LogP contribution is 2.09. The Morgan fingerprint density at radius 1 is 1.08 bits per heavy atom. The van der Waals surface area contributed by atoms with Crippen molar-refractivity contribution in [3.05, 3.63) is 56.9 Å². The van der Waals surface area contributed by atoms with Crippen LogP contribution < -0.4 is 11.1 Å². The van der Waals surface area contributed by atoms with Crippen LogP contribution in [-0.2, 0) is 20.6 Å². The van der Waals surface area contributed by atoms with Gasteiger partial charge in [0.05, 0.1) is 23.8 Å². The van der Waals surface area contributed by atoms with E-state index in [9.17, 15) is 9.59 Å². The summed E-state index contributed by atoms with van der Waals surface area (Å²) >= 11 is 0. The Morgan fingerprint density at radius 2 is 1.88 bits per heavy atom. The molecule has 0 N–H and O–H groups in total. The van der Waals surface area contributed by atoms with Crippen LogP contribution in [0.1, 0.15) is 5.69 Å². The zero-order chi connectivity index (χ0) is 16.8. The van der Waals surface area contributed by atoms with Gasteiger partial charge in [0.15, 0.2) is 5.65 Å². The molecule has 0 fully saturated rings. The number of nitrogens with zero attached hydrogens (tertiary/aromatic N) is 7. The lowest BCUT2D eigenvalue weighted by Crippen LogP contribution is -2.30. The molecule has 0 saturated carbocycles. The van der Waals surface area contributed by atoms with Crippen molar-refractivity contribution in [3.8, 4) is 0 Å². The highest BCUT2D eigenvalue weighted by atomic mass is 16.1. The van der Waals surface area contributed by atoms with Crippen molar-refractivity contribution in [2.45, 2.75) is 6.54 Å². The second kappa shape index (κ2) is 5.08. The third-order valence-corrected chi connectivity index (χ3v) is 3.97. The minimum absolute atomic E-state index is 0.0474. The Kier molecular flexibility index (Phi) is 3.02. The number of aryl methyl sites for hydroxylation is 2. The van der Waals surface area contributed by atoms with Gasteiger partial charge in [-0.2, -0.15) is 5.10 Å². The fourth-order valence-electron chi connectivity index (χ4n) is 2.66. The van der Waals surface area contributed by atoms with Gasteiger partial charge in [-0.05, 0) is 12.1 Å². The maximum absolute atomic E-state index is 12.5. The molecule has 120 valence electrons. The molecular formula is C15H13N7O2. The zero-order valence-corrected chi connectivity index (χ0v) is 13.0. The second-order valence-corrected chi connectivity index (χ2v) is 5.47. The highest BCUT2D eigenvalue weighted by Gasteiger charge is 2.13. The van der Waals surface area contributed by atoms with E-state index in [0.29, 0.717) is 16.6 Å². The minimum Gasteiger partial charge on any atom is -0.308 e. The molecule has 0 saturated heterocycles. The van der Waals surface area contributed by atoms with Gasteiger partial charge in [0.2, 0.25) is 0 Å². The Bertz CT molecular complexity index is 1200. The summed E-state index contributed by atoms with van der Waals surface area (Å²) in [5.41, 5.74) is 1.41. The van der Waals surface area contributed by atoms with Crippen molar-refractivity contribution in [1.82, 2.24) is 34.3 Å². The third kappa shape index (κ3) is 2.02. The Morgan fingerprint density at radius 3 is 2.71 bits per heavy atom. The van der Waals surface area contributed by atoms with E-state index in [-0.39, 0.29) is 23.4 Å². The van der Waals surface area contributed by atoms with E-state index in [0.717, 1.165) is 10.2 Å². The number of rotatable bonds is 2. The summed E-state index contributed by atoms with van der Waals surface area (Å²) in [7, 11) is 3.36. The predicted molar refractivity (Wildman–Crippen MR) is 86.7 cm³/mol. The first-order valence-corrected chi connectivity index (χ1v) is 7.26. The molecule has 4 aromatic rings. The van der Waals surface area contributed by atoms with E-state index >= 15 is 0 Å². The molecule has 0 unspecified atom stereocenters. The van der Waals surface area contributed by atoms with E-state index < -0.39 is 0 Å². The SMILES string of the molecule is Cn1ncc2c(=O)n(Cc3nc4ccccc4n(C)c3=O)nnc21. The number of benzene rings is 1. The van der Waals surface area contributed by atoms with Gasteiger partial charge in [0.1, 0.15) is 11.1 Å². The van der Waals surface area contributed by atoms with E-state index in [4.69, 9.17) is 0 Å². The lowest BCUT2D eigenvalue weighted by Gasteiger charge is -2.08. The van der Waals surface area contributed by atoms with Crippen LogP contribution in [0.3, 0.4) is 0 Å². The maximum Gasteiger partial charge on any atom is 0.281 e. The fraction of sp³-hybridized carbons (Fsp3) is 0.200. The molecule has 0 amide bonds. The van der Waals surface area contributed by atoms with Crippen LogP contribution >= 0.6 is 0 Å². The van der Waals surface area contributed by atoms with E-state index in [2.05, 4.69) is 20.4 Å². The molecule has 3 aromatic heterocycles. The van der Waals surface area contributed by atoms with Crippen molar-refractivity contribution in [1.29, 1.82) is 0 Å². The molecule has 9 heteroatoms. The topological polar surface area (TPSA) is 100 Å². The van der Waals surface area contributed by atoms with Crippen LogP contribution in [-0.4, -0.2) is 34.3 Å². The van der Waals surface area contributed by atoms with Crippen LogP contribution in [0.5, 0.6) is 0 Å². The molecule has 0 atom stereocenters. The van der Waals surface area contributed by atoms with Crippen LogP contribution in [0, 0.1) is 0 Å². The standard InChI is InChI=1S/C15H13N7O2/c1-20-12-6-4-3-5-10(12)17-11(15(20)24)8-22-14(23)9-7-16-21(2)13(9)18-19-22/h3-7H,8H2,1-2H3. The predicted octanol–water partition coefficient (Wildman–Crippen LogP) is -0.180. The van der Waals surface area contributed by atoms with Gasteiger partial charge in [-0.25, -0.2) is 14.3 Å². The summed E-state index contributed by atoms with van der Waals surface area (Å²) < 4.78 is 4.11. The normalized spacial score (nSPS) is 11.4. The lowest BCUT2D eigenvalue weighted by molar-refractivity contribution is 0.581. The average molecular weight is 323 g/mol. The average Bonchev–Trinajstić information content (AvgIpc) is 2.97. The molecule has 4 rings (SSSR count). The highest BCUT2D eigenvalue weighted by molar-refractivity contribution is 5.74. The van der Waals surface area contributed by atoms with E-state index in [1.807, 2.05) is 24.3 Å². The van der Waals surface area contributed by atoms with Crippen molar-refractivity contribution in [3.63, 3.8) is 0 Å². The van der Waals surface area contributed by atoms with Gasteiger partial charge in [-0.1, -0.05) is 17.3 Å². The molecule has 24 heavy (non-hydrogen) atoms. The van der Waals surface area contributed by atoms with Crippen molar-refractivity contribution < 1.29 is 0 Å². The third-order valence-electron chi connectivity index (χ3n) is 3.97. The van der Waals surface area contributed by atoms with Crippen LogP contribution in [0.2, 0.25) is 0 Å². The van der Waals surface area contributed by atoms with E-state index in [1.54, 1.807) is 14.1 Å². The maximum atomic E-state index is 12.5. The lowest BCUT2D eigenvalue weighted by atomic mass is 10.3. The van der Waals surface area contributed by atoms with Crippen molar-refractivity contribution >= 4 is 22.1 Å². The summed E-state index contributed by atoms with van der Waals surface area (Å²) in [5.74, 6) is 0. The molecule has 0 aliphatic carbocycles. The first-order valence-electron chi connectivity index (χ1n) is 7.26. The van der Waals surface area contributed by atoms with Crippen molar-refractivity contribution in [2.24, 2.45) is 14.1 Å².